The number of sulfonamides is 1. The van der Waals surface area contributed by atoms with Crippen LogP contribution in [0.25, 0.3) is 11.1 Å². The molecule has 6 aromatic rings. The molecule has 0 saturated heterocycles. The summed E-state index contributed by atoms with van der Waals surface area (Å²) in [5.74, 6) is -1.54. The lowest BCUT2D eigenvalue weighted by molar-refractivity contribution is -0.145. The van der Waals surface area contributed by atoms with Crippen LogP contribution in [0.3, 0.4) is 0 Å². The standard InChI is InChI=1S/C48H40Cl2N6O9S2/c1-26-47(66-48(52-26)53-27(2)57)67(61,62)56-24-35-22-42-41(64-25-43(65-42)32-12-15-36(16-13-32)54-44(58)33-14-17-37(49)38(50)19-33)21-34(35)20-40(56)45(59)55-39(46(60)63-3)18-28-4-8-30(9-5-28)31-10-6-29(23-51)7-11-31/h4-17,19,21-22,39-40,43H,18,20,24-25H2,1-3H3,(H,54,58)(H,55,59)(H,52,53,57)/t39-,40?,43+/m0/s1. The monoisotopic (exact) mass is 978 g/mol. The number of hydrogen-bond acceptors (Lipinski definition) is 12. The van der Waals surface area contributed by atoms with E-state index >= 15 is 0 Å². The number of carbonyl (C=O) groups excluding carboxylic acids is 4. The number of esters is 1. The van der Waals surface area contributed by atoms with Crippen LogP contribution in [0.5, 0.6) is 11.5 Å². The van der Waals surface area contributed by atoms with Crippen molar-refractivity contribution in [2.24, 2.45) is 0 Å². The van der Waals surface area contributed by atoms with E-state index in [4.69, 9.17) is 42.7 Å². The SMILES string of the molecule is COC(=O)[C@H](Cc1ccc(-c2ccc(C#N)cc2)cc1)NC(=O)C1Cc2cc3c(cc2CN1S(=O)(=O)c1sc(NC(C)=O)nc1C)O[C@@H](c1ccc(NC(=O)c2ccc(Cl)c(Cl)c2)cc1)CO3. The molecule has 0 fully saturated rings. The van der Waals surface area contributed by atoms with Gasteiger partial charge in [-0.2, -0.15) is 9.57 Å². The molecule has 3 amide bonds. The number of benzene rings is 5. The van der Waals surface area contributed by atoms with Gasteiger partial charge in [0.15, 0.2) is 26.9 Å². The molecule has 0 radical (unpaired) electrons. The molecule has 1 aromatic heterocycles. The predicted molar refractivity (Wildman–Crippen MR) is 252 cm³/mol. The Balaban J connectivity index is 1.04. The molecule has 67 heavy (non-hydrogen) atoms. The summed E-state index contributed by atoms with van der Waals surface area (Å²) in [5.41, 5.74) is 5.90. The Morgan fingerprint density at radius 1 is 0.910 bits per heavy atom. The van der Waals surface area contributed by atoms with Gasteiger partial charge in [0.25, 0.3) is 15.9 Å². The van der Waals surface area contributed by atoms with Crippen molar-refractivity contribution in [1.29, 1.82) is 5.26 Å². The topological polar surface area (TPSA) is 206 Å². The predicted octanol–water partition coefficient (Wildman–Crippen LogP) is 8.04. The van der Waals surface area contributed by atoms with Crippen LogP contribution in [0.4, 0.5) is 10.8 Å². The molecule has 2 aliphatic rings. The number of nitrogens with zero attached hydrogens (tertiary/aromatic N) is 3. The number of halogens is 2. The zero-order chi connectivity index (χ0) is 47.6. The second-order valence-corrected chi connectivity index (χ2v) is 19.6. The van der Waals surface area contributed by atoms with E-state index in [1.54, 1.807) is 60.7 Å². The van der Waals surface area contributed by atoms with E-state index in [2.05, 4.69) is 27.0 Å². The fourth-order valence-corrected chi connectivity index (χ4v) is 11.2. The molecule has 2 aliphatic heterocycles. The highest BCUT2D eigenvalue weighted by Gasteiger charge is 2.43. The van der Waals surface area contributed by atoms with E-state index in [1.807, 2.05) is 36.4 Å². The smallest absolute Gasteiger partial charge is 0.328 e. The number of aryl methyl sites for hydroxylation is 1. The summed E-state index contributed by atoms with van der Waals surface area (Å²) in [6, 6.07) is 29.1. The average molecular weight is 980 g/mol. The van der Waals surface area contributed by atoms with E-state index in [-0.39, 0.29) is 52.0 Å². The maximum Gasteiger partial charge on any atom is 0.328 e. The largest absolute Gasteiger partial charge is 0.485 e. The van der Waals surface area contributed by atoms with Crippen molar-refractivity contribution in [1.82, 2.24) is 14.6 Å². The molecule has 8 rings (SSSR count). The second-order valence-electron chi connectivity index (χ2n) is 15.7. The highest BCUT2D eigenvalue weighted by molar-refractivity contribution is 7.91. The summed E-state index contributed by atoms with van der Waals surface area (Å²) in [7, 11) is -3.28. The molecule has 0 spiro atoms. The van der Waals surface area contributed by atoms with Gasteiger partial charge >= 0.3 is 5.97 Å². The maximum atomic E-state index is 14.7. The van der Waals surface area contributed by atoms with Crippen molar-refractivity contribution in [2.75, 3.05) is 24.4 Å². The minimum atomic E-state index is -4.48. The molecule has 0 saturated carbocycles. The van der Waals surface area contributed by atoms with Gasteiger partial charge in [0.05, 0.1) is 34.5 Å². The minimum Gasteiger partial charge on any atom is -0.485 e. The number of aromatic nitrogens is 1. The van der Waals surface area contributed by atoms with Crippen LogP contribution in [0, 0.1) is 18.3 Å². The van der Waals surface area contributed by atoms with Crippen LogP contribution < -0.4 is 25.4 Å². The fourth-order valence-electron chi connectivity index (χ4n) is 7.73. The van der Waals surface area contributed by atoms with Gasteiger partial charge in [-0.15, -0.1) is 0 Å². The second kappa shape index (κ2) is 19.6. The summed E-state index contributed by atoms with van der Waals surface area (Å²) in [4.78, 5) is 56.8. The number of fused-ring (bicyclic) bond motifs is 2. The fraction of sp³-hybridized carbons (Fsp3) is 0.208. The molecule has 1 unspecified atom stereocenters. The number of thiazole rings is 1. The number of carbonyl (C=O) groups is 4. The van der Waals surface area contributed by atoms with E-state index in [1.165, 1.54) is 27.0 Å². The van der Waals surface area contributed by atoms with Gasteiger partial charge < -0.3 is 30.2 Å². The highest BCUT2D eigenvalue weighted by atomic mass is 35.5. The molecule has 3 heterocycles. The van der Waals surface area contributed by atoms with E-state index in [0.717, 1.165) is 32.3 Å². The van der Waals surface area contributed by atoms with Crippen LogP contribution in [0.15, 0.2) is 107 Å². The summed E-state index contributed by atoms with van der Waals surface area (Å²) >= 11 is 12.9. The van der Waals surface area contributed by atoms with Gasteiger partial charge in [-0.25, -0.2) is 18.2 Å². The summed E-state index contributed by atoms with van der Waals surface area (Å²) in [5, 5.41) is 18.0. The molecule has 0 aliphatic carbocycles. The first kappa shape index (κ1) is 46.7. The Morgan fingerprint density at radius 3 is 2.25 bits per heavy atom. The number of hydrogen-bond donors (Lipinski definition) is 3. The van der Waals surface area contributed by atoms with Crippen LogP contribution in [-0.4, -0.2) is 67.2 Å². The minimum absolute atomic E-state index is 0.0338. The van der Waals surface area contributed by atoms with Gasteiger partial charge in [0.2, 0.25) is 11.8 Å². The molecule has 342 valence electrons. The number of ether oxygens (including phenoxy) is 3. The number of amides is 3. The summed E-state index contributed by atoms with van der Waals surface area (Å²) < 4.78 is 48.1. The molecular weight excluding hydrogens is 940 g/mol. The molecule has 3 N–H and O–H groups in total. The van der Waals surface area contributed by atoms with Crippen molar-refractivity contribution >= 4 is 79.1 Å². The van der Waals surface area contributed by atoms with E-state index < -0.39 is 46.0 Å². The van der Waals surface area contributed by atoms with Gasteiger partial charge in [-0.1, -0.05) is 83.1 Å². The van der Waals surface area contributed by atoms with E-state index in [9.17, 15) is 27.6 Å². The summed E-state index contributed by atoms with van der Waals surface area (Å²) in [6.07, 6.45) is -0.632. The van der Waals surface area contributed by atoms with Crippen LogP contribution >= 0.6 is 34.5 Å². The third-order valence-electron chi connectivity index (χ3n) is 11.2. The van der Waals surface area contributed by atoms with Crippen molar-refractivity contribution in [3.8, 4) is 28.7 Å². The first-order valence-corrected chi connectivity index (χ1v) is 23.7. The van der Waals surface area contributed by atoms with Gasteiger partial charge in [-0.3, -0.25) is 14.4 Å². The molecule has 0 bridgehead atoms. The third-order valence-corrected chi connectivity index (χ3v) is 15.4. The maximum absolute atomic E-state index is 14.7. The quantitative estimate of drug-likeness (QED) is 0.100. The zero-order valence-electron chi connectivity index (χ0n) is 36.0. The Morgan fingerprint density at radius 2 is 1.60 bits per heavy atom. The van der Waals surface area contributed by atoms with Crippen LogP contribution in [-0.2, 0) is 48.5 Å². The first-order valence-electron chi connectivity index (χ1n) is 20.7. The van der Waals surface area contributed by atoms with Crippen molar-refractivity contribution in [3.05, 3.63) is 152 Å². The number of methoxy groups -OCH3 is 1. The number of nitriles is 1. The third kappa shape index (κ3) is 10.3. The van der Waals surface area contributed by atoms with Gasteiger partial charge in [0, 0.05) is 31.1 Å². The zero-order valence-corrected chi connectivity index (χ0v) is 39.1. The van der Waals surface area contributed by atoms with Crippen molar-refractivity contribution in [3.63, 3.8) is 0 Å². The van der Waals surface area contributed by atoms with Crippen molar-refractivity contribution in [2.45, 2.75) is 55.6 Å². The molecular formula is C48H40Cl2N6O9S2. The normalized spacial score (nSPS) is 15.9. The number of rotatable bonds is 12. The van der Waals surface area contributed by atoms with Crippen molar-refractivity contribution < 1.29 is 41.8 Å². The molecule has 3 atom stereocenters. The Kier molecular flexibility index (Phi) is 13.6. The first-order chi connectivity index (χ1) is 32.1. The Hall–Kier alpha value is -6.81. The van der Waals surface area contributed by atoms with E-state index in [0.29, 0.717) is 50.0 Å². The van der Waals surface area contributed by atoms with Crippen LogP contribution in [0.1, 0.15) is 56.9 Å². The molecule has 19 heteroatoms. The molecule has 5 aromatic carbocycles. The Bertz CT molecular complexity index is 3070. The lowest BCUT2D eigenvalue weighted by Gasteiger charge is -2.36. The van der Waals surface area contributed by atoms with Gasteiger partial charge in [0.1, 0.15) is 18.7 Å². The summed E-state index contributed by atoms with van der Waals surface area (Å²) in [6.45, 7) is 2.64. The lowest BCUT2D eigenvalue weighted by atomic mass is 9.93. The average Bonchev–Trinajstić information content (AvgIpc) is 3.70. The van der Waals surface area contributed by atoms with Crippen LogP contribution in [0.2, 0.25) is 10.0 Å². The highest BCUT2D eigenvalue weighted by Crippen LogP contribution is 2.42. The lowest BCUT2D eigenvalue weighted by Crippen LogP contribution is -2.56. The molecule has 15 nitrogen and oxygen atoms in total. The number of nitrogens with one attached hydrogen (secondary N) is 3. The Labute approximate surface area is 399 Å². The number of anilines is 2. The van der Waals surface area contributed by atoms with Gasteiger partial charge in [-0.05, 0) is 101 Å².